The van der Waals surface area contributed by atoms with Crippen LogP contribution in [0.2, 0.25) is 0 Å². The Morgan fingerprint density at radius 3 is 2.75 bits per heavy atom. The molecule has 0 fully saturated rings. The van der Waals surface area contributed by atoms with Gasteiger partial charge < -0.3 is 4.74 Å². The second kappa shape index (κ2) is 5.51. The second-order valence-electron chi connectivity index (χ2n) is 3.44. The summed E-state index contributed by atoms with van der Waals surface area (Å²) in [5.74, 6) is 0.991. The molecular formula is C13H13BrOS. The van der Waals surface area contributed by atoms with Crippen LogP contribution < -0.4 is 4.74 Å². The molecule has 1 nitrogen and oxygen atoms in total. The minimum Gasteiger partial charge on any atom is -0.488 e. The zero-order chi connectivity index (χ0) is 11.4. The lowest BCUT2D eigenvalue weighted by atomic mass is 10.1. The zero-order valence-corrected chi connectivity index (χ0v) is 11.5. The maximum Gasteiger partial charge on any atom is 0.124 e. The van der Waals surface area contributed by atoms with Gasteiger partial charge in [0.1, 0.15) is 12.4 Å². The summed E-state index contributed by atoms with van der Waals surface area (Å²) >= 11 is 5.22. The van der Waals surface area contributed by atoms with Crippen molar-refractivity contribution in [2.45, 2.75) is 20.0 Å². The van der Waals surface area contributed by atoms with Crippen LogP contribution in [0, 0.1) is 0 Å². The van der Waals surface area contributed by atoms with Gasteiger partial charge in [-0.2, -0.15) is 0 Å². The molecule has 0 bridgehead atoms. The van der Waals surface area contributed by atoms with E-state index in [2.05, 4.69) is 40.4 Å². The lowest BCUT2D eigenvalue weighted by Crippen LogP contribution is -1.96. The van der Waals surface area contributed by atoms with Gasteiger partial charge in [0, 0.05) is 4.47 Å². The maximum atomic E-state index is 5.83. The summed E-state index contributed by atoms with van der Waals surface area (Å²) in [6, 6.07) is 10.2. The highest BCUT2D eigenvalue weighted by atomic mass is 79.9. The van der Waals surface area contributed by atoms with E-state index >= 15 is 0 Å². The van der Waals surface area contributed by atoms with Crippen molar-refractivity contribution in [3.05, 3.63) is 50.6 Å². The van der Waals surface area contributed by atoms with Crippen LogP contribution in [-0.2, 0) is 13.0 Å². The SMILES string of the molecule is CCc1ccccc1OCc1sccc1Br. The van der Waals surface area contributed by atoms with Crippen LogP contribution >= 0.6 is 27.3 Å². The average molecular weight is 297 g/mol. The minimum absolute atomic E-state index is 0.634. The second-order valence-corrected chi connectivity index (χ2v) is 5.30. The monoisotopic (exact) mass is 296 g/mol. The third kappa shape index (κ3) is 2.66. The minimum atomic E-state index is 0.634. The molecule has 2 rings (SSSR count). The first-order valence-electron chi connectivity index (χ1n) is 5.24. The van der Waals surface area contributed by atoms with E-state index in [9.17, 15) is 0 Å². The Hall–Kier alpha value is -0.800. The molecule has 0 radical (unpaired) electrons. The fourth-order valence-electron chi connectivity index (χ4n) is 1.51. The molecule has 0 N–H and O–H groups in total. The Balaban J connectivity index is 2.07. The third-order valence-corrected chi connectivity index (χ3v) is 4.30. The Morgan fingerprint density at radius 2 is 2.06 bits per heavy atom. The van der Waals surface area contributed by atoms with E-state index in [1.54, 1.807) is 11.3 Å². The largest absolute Gasteiger partial charge is 0.488 e. The Labute approximate surface area is 108 Å². The topological polar surface area (TPSA) is 9.23 Å². The number of para-hydroxylation sites is 1. The van der Waals surface area contributed by atoms with Gasteiger partial charge in [0.15, 0.2) is 0 Å². The van der Waals surface area contributed by atoms with Crippen molar-refractivity contribution < 1.29 is 4.74 Å². The van der Waals surface area contributed by atoms with E-state index < -0.39 is 0 Å². The van der Waals surface area contributed by atoms with Crippen molar-refractivity contribution in [3.8, 4) is 5.75 Å². The lowest BCUT2D eigenvalue weighted by Gasteiger charge is -2.09. The van der Waals surface area contributed by atoms with Crippen LogP contribution in [0.15, 0.2) is 40.2 Å². The van der Waals surface area contributed by atoms with Gasteiger partial charge in [-0.1, -0.05) is 25.1 Å². The van der Waals surface area contributed by atoms with Gasteiger partial charge in [-0.15, -0.1) is 11.3 Å². The highest BCUT2D eigenvalue weighted by Gasteiger charge is 2.04. The molecule has 2 aromatic rings. The van der Waals surface area contributed by atoms with E-state index in [1.165, 1.54) is 10.4 Å². The highest BCUT2D eigenvalue weighted by molar-refractivity contribution is 9.10. The first-order chi connectivity index (χ1) is 7.81. The van der Waals surface area contributed by atoms with Crippen molar-refractivity contribution in [2.75, 3.05) is 0 Å². The number of halogens is 1. The number of aryl methyl sites for hydroxylation is 1. The molecule has 1 aromatic carbocycles. The Morgan fingerprint density at radius 1 is 1.25 bits per heavy atom. The molecule has 0 spiro atoms. The number of rotatable bonds is 4. The third-order valence-electron chi connectivity index (χ3n) is 2.40. The highest BCUT2D eigenvalue weighted by Crippen LogP contribution is 2.25. The molecule has 1 aromatic heterocycles. The summed E-state index contributed by atoms with van der Waals surface area (Å²) < 4.78 is 6.96. The molecule has 0 saturated heterocycles. The summed E-state index contributed by atoms with van der Waals surface area (Å²) in [4.78, 5) is 1.23. The summed E-state index contributed by atoms with van der Waals surface area (Å²) in [6.45, 7) is 2.78. The summed E-state index contributed by atoms with van der Waals surface area (Å²) in [7, 11) is 0. The fraction of sp³-hybridized carbons (Fsp3) is 0.231. The van der Waals surface area contributed by atoms with Gasteiger partial charge in [0.05, 0.1) is 4.88 Å². The summed E-state index contributed by atoms with van der Waals surface area (Å²) in [5, 5.41) is 2.06. The van der Waals surface area contributed by atoms with Crippen molar-refractivity contribution in [2.24, 2.45) is 0 Å². The predicted octanol–water partition coefficient (Wildman–Crippen LogP) is 4.65. The molecule has 0 saturated carbocycles. The molecule has 84 valence electrons. The van der Waals surface area contributed by atoms with Crippen LogP contribution in [0.5, 0.6) is 5.75 Å². The normalized spacial score (nSPS) is 10.4. The van der Waals surface area contributed by atoms with Gasteiger partial charge in [-0.25, -0.2) is 0 Å². The smallest absolute Gasteiger partial charge is 0.124 e. The maximum absolute atomic E-state index is 5.83. The van der Waals surface area contributed by atoms with Gasteiger partial charge in [-0.3, -0.25) is 0 Å². The Bertz CT molecular complexity index is 464. The number of hydrogen-bond donors (Lipinski definition) is 0. The molecule has 0 amide bonds. The van der Waals surface area contributed by atoms with Crippen LogP contribution in [0.1, 0.15) is 17.4 Å². The number of ether oxygens (including phenoxy) is 1. The van der Waals surface area contributed by atoms with Crippen LogP contribution in [0.25, 0.3) is 0 Å². The summed E-state index contributed by atoms with van der Waals surface area (Å²) in [6.07, 6.45) is 1.00. The van der Waals surface area contributed by atoms with Crippen molar-refractivity contribution in [3.63, 3.8) is 0 Å². The summed E-state index contributed by atoms with van der Waals surface area (Å²) in [5.41, 5.74) is 1.26. The van der Waals surface area contributed by atoms with Crippen molar-refractivity contribution >= 4 is 27.3 Å². The molecule has 1 heterocycles. The predicted molar refractivity (Wildman–Crippen MR) is 72.2 cm³/mol. The van der Waals surface area contributed by atoms with E-state index in [0.29, 0.717) is 6.61 Å². The molecule has 0 unspecified atom stereocenters. The standard InChI is InChI=1S/C13H13BrOS/c1-2-10-5-3-4-6-12(10)15-9-13-11(14)7-8-16-13/h3-8H,2,9H2,1H3. The molecule has 16 heavy (non-hydrogen) atoms. The average Bonchev–Trinajstić information content (AvgIpc) is 2.72. The van der Waals surface area contributed by atoms with Crippen molar-refractivity contribution in [1.82, 2.24) is 0 Å². The molecule has 0 aliphatic rings. The molecule has 0 atom stereocenters. The van der Waals surface area contributed by atoms with Crippen LogP contribution in [0.4, 0.5) is 0 Å². The fourth-order valence-corrected chi connectivity index (χ4v) is 2.89. The van der Waals surface area contributed by atoms with E-state index in [-0.39, 0.29) is 0 Å². The quantitative estimate of drug-likeness (QED) is 0.798. The number of thiophene rings is 1. The first kappa shape index (κ1) is 11.7. The van der Waals surface area contributed by atoms with E-state index in [4.69, 9.17) is 4.74 Å². The number of hydrogen-bond acceptors (Lipinski definition) is 2. The van der Waals surface area contributed by atoms with Gasteiger partial charge in [0.2, 0.25) is 0 Å². The van der Waals surface area contributed by atoms with Crippen LogP contribution in [0.3, 0.4) is 0 Å². The molecule has 3 heteroatoms. The number of benzene rings is 1. The Kier molecular flexibility index (Phi) is 4.02. The molecular weight excluding hydrogens is 284 g/mol. The lowest BCUT2D eigenvalue weighted by molar-refractivity contribution is 0.306. The van der Waals surface area contributed by atoms with Gasteiger partial charge in [0.25, 0.3) is 0 Å². The van der Waals surface area contributed by atoms with Crippen LogP contribution in [-0.4, -0.2) is 0 Å². The van der Waals surface area contributed by atoms with Crippen molar-refractivity contribution in [1.29, 1.82) is 0 Å². The zero-order valence-electron chi connectivity index (χ0n) is 9.07. The van der Waals surface area contributed by atoms with Gasteiger partial charge in [-0.05, 0) is 45.4 Å². The molecule has 0 aliphatic carbocycles. The van der Waals surface area contributed by atoms with E-state index in [1.807, 2.05) is 18.2 Å². The first-order valence-corrected chi connectivity index (χ1v) is 6.91. The van der Waals surface area contributed by atoms with Gasteiger partial charge >= 0.3 is 0 Å². The molecule has 0 aliphatic heterocycles. The van der Waals surface area contributed by atoms with E-state index in [0.717, 1.165) is 16.6 Å².